The van der Waals surface area contributed by atoms with Gasteiger partial charge in [0.25, 0.3) is 0 Å². The number of aromatic nitrogens is 1. The number of halogens is 3. The molecule has 0 spiro atoms. The van der Waals surface area contributed by atoms with Crippen molar-refractivity contribution < 1.29 is 23.1 Å². The number of aliphatic carboxylic acids is 1. The monoisotopic (exact) mass is 256 g/mol. The van der Waals surface area contributed by atoms with Crippen molar-refractivity contribution in [3.63, 3.8) is 0 Å². The Labute approximate surface area is 93.9 Å². The highest BCUT2D eigenvalue weighted by Crippen LogP contribution is 2.13. The summed E-state index contributed by atoms with van der Waals surface area (Å²) in [7, 11) is 0. The van der Waals surface area contributed by atoms with Crippen molar-refractivity contribution in [2.45, 2.75) is 19.5 Å². The summed E-state index contributed by atoms with van der Waals surface area (Å²) >= 11 is 1.72. The summed E-state index contributed by atoms with van der Waals surface area (Å²) < 4.78 is 31.7. The lowest BCUT2D eigenvalue weighted by atomic mass is 10.5. The molecule has 1 aromatic rings. The molecule has 4 nitrogen and oxygen atoms in total. The molecule has 1 rings (SSSR count). The molecule has 0 amide bonds. The Morgan fingerprint density at radius 3 is 2.38 bits per heavy atom. The molecular weight excluding hydrogens is 245 g/mol. The first-order valence-corrected chi connectivity index (χ1v) is 5.00. The lowest BCUT2D eigenvalue weighted by molar-refractivity contribution is -0.192. The molecule has 1 heterocycles. The number of rotatable bonds is 2. The third kappa shape index (κ3) is 6.36. The Hall–Kier alpha value is -1.15. The maximum absolute atomic E-state index is 10.6. The van der Waals surface area contributed by atoms with Crippen LogP contribution in [0.25, 0.3) is 0 Å². The second-order valence-corrected chi connectivity index (χ2v) is 4.03. The normalized spacial score (nSPS) is 10.6. The van der Waals surface area contributed by atoms with E-state index in [-0.39, 0.29) is 0 Å². The number of carbonyl (C=O) groups is 1. The fraction of sp³-hybridized carbons (Fsp3) is 0.500. The predicted molar refractivity (Wildman–Crippen MR) is 53.3 cm³/mol. The Morgan fingerprint density at radius 1 is 1.62 bits per heavy atom. The summed E-state index contributed by atoms with van der Waals surface area (Å²) in [6.07, 6.45) is -2.28. The standard InChI is InChI=1S/C6H10N2S.C2HF3O2/c1-5-4-8-6(9-5)2-3-7;3-2(4,5)1(6)7/h4H,2-3,7H2,1H3;(H,6,7). The second kappa shape index (κ2) is 6.44. The number of carboxylic acid groups (broad SMARTS) is 1. The van der Waals surface area contributed by atoms with E-state index in [0.717, 1.165) is 11.4 Å². The summed E-state index contributed by atoms with van der Waals surface area (Å²) in [5, 5.41) is 8.27. The number of carboxylic acids is 1. The quantitative estimate of drug-likeness (QED) is 0.842. The average Bonchev–Trinajstić information content (AvgIpc) is 2.51. The van der Waals surface area contributed by atoms with Crippen molar-refractivity contribution in [3.8, 4) is 0 Å². The van der Waals surface area contributed by atoms with Crippen LogP contribution >= 0.6 is 11.3 Å². The van der Waals surface area contributed by atoms with Gasteiger partial charge in [0.05, 0.1) is 5.01 Å². The lowest BCUT2D eigenvalue weighted by Crippen LogP contribution is -2.21. The van der Waals surface area contributed by atoms with Crippen LogP contribution in [0.15, 0.2) is 6.20 Å². The van der Waals surface area contributed by atoms with Crippen molar-refractivity contribution >= 4 is 17.3 Å². The van der Waals surface area contributed by atoms with Gasteiger partial charge in [-0.2, -0.15) is 13.2 Å². The first-order chi connectivity index (χ1) is 7.27. The van der Waals surface area contributed by atoms with Crippen LogP contribution in [0.5, 0.6) is 0 Å². The largest absolute Gasteiger partial charge is 0.490 e. The minimum absolute atomic E-state index is 0.701. The Morgan fingerprint density at radius 2 is 2.12 bits per heavy atom. The average molecular weight is 256 g/mol. The zero-order valence-electron chi connectivity index (χ0n) is 8.41. The van der Waals surface area contributed by atoms with Gasteiger partial charge in [-0.3, -0.25) is 0 Å². The molecule has 0 atom stereocenters. The van der Waals surface area contributed by atoms with Gasteiger partial charge in [-0.15, -0.1) is 11.3 Å². The van der Waals surface area contributed by atoms with Gasteiger partial charge in [0.1, 0.15) is 0 Å². The highest BCUT2D eigenvalue weighted by atomic mass is 32.1. The summed E-state index contributed by atoms with van der Waals surface area (Å²) in [6.45, 7) is 2.75. The summed E-state index contributed by atoms with van der Waals surface area (Å²) in [4.78, 5) is 14.3. The lowest BCUT2D eigenvalue weighted by Gasteiger charge is -1.93. The molecule has 0 aliphatic heterocycles. The molecule has 0 saturated heterocycles. The molecule has 0 saturated carbocycles. The molecule has 0 radical (unpaired) electrons. The number of hydrogen-bond acceptors (Lipinski definition) is 4. The van der Waals surface area contributed by atoms with E-state index in [4.69, 9.17) is 15.6 Å². The van der Waals surface area contributed by atoms with Crippen molar-refractivity contribution in [3.05, 3.63) is 16.1 Å². The predicted octanol–water partition coefficient (Wildman–Crippen LogP) is 1.59. The Balaban J connectivity index is 0.000000293. The molecular formula is C8H11F3N2O2S. The minimum Gasteiger partial charge on any atom is -0.475 e. The topological polar surface area (TPSA) is 76.2 Å². The third-order valence-corrected chi connectivity index (χ3v) is 2.24. The van der Waals surface area contributed by atoms with Gasteiger partial charge in [-0.1, -0.05) is 0 Å². The minimum atomic E-state index is -5.08. The van der Waals surface area contributed by atoms with Gasteiger partial charge in [0.2, 0.25) is 0 Å². The smallest absolute Gasteiger partial charge is 0.475 e. The van der Waals surface area contributed by atoms with Crippen LogP contribution in [-0.2, 0) is 11.2 Å². The molecule has 0 aliphatic carbocycles. The van der Waals surface area contributed by atoms with Crippen LogP contribution in [0.3, 0.4) is 0 Å². The molecule has 0 bridgehead atoms. The molecule has 0 aromatic carbocycles. The molecule has 92 valence electrons. The summed E-state index contributed by atoms with van der Waals surface area (Å²) in [5.41, 5.74) is 5.34. The van der Waals surface area contributed by atoms with Crippen LogP contribution in [0, 0.1) is 6.92 Å². The van der Waals surface area contributed by atoms with Crippen molar-refractivity contribution in [2.24, 2.45) is 5.73 Å². The highest BCUT2D eigenvalue weighted by molar-refractivity contribution is 7.11. The van der Waals surface area contributed by atoms with E-state index in [9.17, 15) is 13.2 Å². The first-order valence-electron chi connectivity index (χ1n) is 4.19. The fourth-order valence-corrected chi connectivity index (χ4v) is 1.44. The van der Waals surface area contributed by atoms with Crippen molar-refractivity contribution in [1.29, 1.82) is 0 Å². The number of thiazole rings is 1. The summed E-state index contributed by atoms with van der Waals surface area (Å²) in [6, 6.07) is 0. The number of alkyl halides is 3. The van der Waals surface area contributed by atoms with Gasteiger partial charge in [0.15, 0.2) is 0 Å². The van der Waals surface area contributed by atoms with Crippen molar-refractivity contribution in [2.75, 3.05) is 6.54 Å². The molecule has 16 heavy (non-hydrogen) atoms. The van der Waals surface area contributed by atoms with E-state index >= 15 is 0 Å². The number of hydrogen-bond donors (Lipinski definition) is 2. The Kier molecular flexibility index (Phi) is 5.97. The maximum atomic E-state index is 10.6. The molecule has 3 N–H and O–H groups in total. The van der Waals surface area contributed by atoms with Gasteiger partial charge in [0, 0.05) is 17.5 Å². The van der Waals surface area contributed by atoms with E-state index in [0.29, 0.717) is 6.54 Å². The van der Waals surface area contributed by atoms with Crippen LogP contribution in [0.4, 0.5) is 13.2 Å². The van der Waals surface area contributed by atoms with Gasteiger partial charge < -0.3 is 10.8 Å². The third-order valence-electron chi connectivity index (χ3n) is 1.27. The van der Waals surface area contributed by atoms with Crippen LogP contribution < -0.4 is 5.73 Å². The fourth-order valence-electron chi connectivity index (χ4n) is 0.640. The first kappa shape index (κ1) is 14.8. The van der Waals surface area contributed by atoms with Gasteiger partial charge in [-0.25, -0.2) is 9.78 Å². The van der Waals surface area contributed by atoms with Gasteiger partial charge >= 0.3 is 12.1 Å². The number of nitrogens with zero attached hydrogens (tertiary/aromatic N) is 1. The SMILES string of the molecule is Cc1cnc(CCN)s1.O=C(O)C(F)(F)F. The van der Waals surface area contributed by atoms with E-state index < -0.39 is 12.1 Å². The summed E-state index contributed by atoms with van der Waals surface area (Å²) in [5.74, 6) is -2.76. The highest BCUT2D eigenvalue weighted by Gasteiger charge is 2.38. The van der Waals surface area contributed by atoms with E-state index in [1.807, 2.05) is 6.20 Å². The van der Waals surface area contributed by atoms with E-state index in [1.165, 1.54) is 4.88 Å². The van der Waals surface area contributed by atoms with E-state index in [1.54, 1.807) is 11.3 Å². The Bertz CT molecular complexity index is 338. The zero-order chi connectivity index (χ0) is 12.8. The molecule has 1 aromatic heterocycles. The number of nitrogens with two attached hydrogens (primary N) is 1. The number of aryl methyl sites for hydroxylation is 1. The van der Waals surface area contributed by atoms with E-state index in [2.05, 4.69) is 11.9 Å². The van der Waals surface area contributed by atoms with Crippen LogP contribution in [0.2, 0.25) is 0 Å². The molecule has 0 unspecified atom stereocenters. The van der Waals surface area contributed by atoms with Crippen LogP contribution in [0.1, 0.15) is 9.88 Å². The molecule has 8 heteroatoms. The second-order valence-electron chi connectivity index (χ2n) is 2.71. The van der Waals surface area contributed by atoms with Crippen LogP contribution in [-0.4, -0.2) is 28.8 Å². The molecule has 0 fully saturated rings. The zero-order valence-corrected chi connectivity index (χ0v) is 9.23. The van der Waals surface area contributed by atoms with Crippen molar-refractivity contribution in [1.82, 2.24) is 4.98 Å². The maximum Gasteiger partial charge on any atom is 0.490 e. The molecule has 0 aliphatic rings. The van der Waals surface area contributed by atoms with Gasteiger partial charge in [-0.05, 0) is 13.5 Å².